The molecule has 7 heteroatoms. The van der Waals surface area contributed by atoms with E-state index in [2.05, 4.69) is 4.98 Å². The fourth-order valence-electron chi connectivity index (χ4n) is 3.34. The van der Waals surface area contributed by atoms with Crippen molar-refractivity contribution in [3.05, 3.63) is 73.9 Å². The number of hydrogen-bond acceptors (Lipinski definition) is 3. The van der Waals surface area contributed by atoms with Gasteiger partial charge in [-0.3, -0.25) is 10.1 Å². The summed E-state index contributed by atoms with van der Waals surface area (Å²) >= 11 is 12.4. The standard InChI is InChI=1S/C17H12Cl2N2O3/c18-9-5-11-16(12-7-20-14-4-2-1-3-10(12)14)15(21(22)23)8-24-17(11)13(19)6-9/h1-7,15-16,20H,8H2/t15-,16+/m0/s1. The predicted molar refractivity (Wildman–Crippen MR) is 92.9 cm³/mol. The number of halogens is 2. The molecule has 0 radical (unpaired) electrons. The number of hydrogen-bond donors (Lipinski definition) is 1. The molecule has 1 aromatic heterocycles. The zero-order chi connectivity index (χ0) is 16.8. The van der Waals surface area contributed by atoms with Crippen molar-refractivity contribution in [2.24, 2.45) is 0 Å². The number of nitrogens with zero attached hydrogens (tertiary/aromatic N) is 1. The number of ether oxygens (including phenoxy) is 1. The molecular weight excluding hydrogens is 351 g/mol. The van der Waals surface area contributed by atoms with E-state index >= 15 is 0 Å². The van der Waals surface area contributed by atoms with E-state index in [0.717, 1.165) is 16.5 Å². The molecule has 0 spiro atoms. The van der Waals surface area contributed by atoms with Gasteiger partial charge in [-0.1, -0.05) is 41.4 Å². The van der Waals surface area contributed by atoms with Crippen LogP contribution in [0.2, 0.25) is 10.0 Å². The maximum absolute atomic E-state index is 11.6. The first-order valence-corrected chi connectivity index (χ1v) is 8.13. The number of nitro groups is 1. The Labute approximate surface area is 147 Å². The van der Waals surface area contributed by atoms with Crippen LogP contribution >= 0.6 is 23.2 Å². The molecular formula is C17H12Cl2N2O3. The SMILES string of the molecule is O=[N+]([O-])[C@H]1COc2c(Cl)cc(Cl)cc2[C@@H]1c1c[nH]c2ccccc12. The van der Waals surface area contributed by atoms with Crippen LogP contribution in [-0.2, 0) is 0 Å². The quantitative estimate of drug-likeness (QED) is 0.533. The molecule has 1 N–H and O–H groups in total. The first-order valence-electron chi connectivity index (χ1n) is 7.37. The second-order valence-corrected chi connectivity index (χ2v) is 6.58. The topological polar surface area (TPSA) is 68.2 Å². The van der Waals surface area contributed by atoms with Gasteiger partial charge in [-0.25, -0.2) is 0 Å². The van der Waals surface area contributed by atoms with Crippen LogP contribution in [-0.4, -0.2) is 22.6 Å². The average Bonchev–Trinajstić information content (AvgIpc) is 2.97. The van der Waals surface area contributed by atoms with Crippen molar-refractivity contribution in [2.75, 3.05) is 6.61 Å². The normalized spacial score (nSPS) is 19.8. The summed E-state index contributed by atoms with van der Waals surface area (Å²) < 4.78 is 5.58. The Hall–Kier alpha value is -2.24. The Bertz CT molecular complexity index is 954. The Kier molecular flexibility index (Phi) is 3.62. The highest BCUT2D eigenvalue weighted by Gasteiger charge is 2.42. The van der Waals surface area contributed by atoms with Crippen LogP contribution in [0.3, 0.4) is 0 Å². The predicted octanol–water partition coefficient (Wildman–Crippen LogP) is 4.64. The molecule has 24 heavy (non-hydrogen) atoms. The van der Waals surface area contributed by atoms with Crippen LogP contribution < -0.4 is 4.74 Å². The lowest BCUT2D eigenvalue weighted by atomic mass is 9.83. The molecule has 0 amide bonds. The molecule has 4 rings (SSSR count). The number of para-hydroxylation sites is 1. The van der Waals surface area contributed by atoms with Crippen LogP contribution in [0.25, 0.3) is 10.9 Å². The minimum atomic E-state index is -0.911. The van der Waals surface area contributed by atoms with Gasteiger partial charge in [0, 0.05) is 32.6 Å². The van der Waals surface area contributed by atoms with Gasteiger partial charge in [-0.05, 0) is 23.8 Å². The van der Waals surface area contributed by atoms with E-state index in [4.69, 9.17) is 27.9 Å². The first-order chi connectivity index (χ1) is 11.6. The smallest absolute Gasteiger partial charge is 0.257 e. The third-order valence-electron chi connectivity index (χ3n) is 4.38. The van der Waals surface area contributed by atoms with Crippen LogP contribution in [0.4, 0.5) is 0 Å². The van der Waals surface area contributed by atoms with E-state index < -0.39 is 12.0 Å². The second-order valence-electron chi connectivity index (χ2n) is 5.74. The highest BCUT2D eigenvalue weighted by Crippen LogP contribution is 2.45. The Morgan fingerprint density at radius 1 is 1.21 bits per heavy atom. The van der Waals surface area contributed by atoms with E-state index in [1.165, 1.54) is 0 Å². The van der Waals surface area contributed by atoms with Crippen molar-refractivity contribution in [3.8, 4) is 5.75 Å². The molecule has 2 heterocycles. The van der Waals surface area contributed by atoms with E-state index in [9.17, 15) is 10.1 Å². The highest BCUT2D eigenvalue weighted by atomic mass is 35.5. The molecule has 1 aliphatic heterocycles. The molecule has 0 unspecified atom stereocenters. The zero-order valence-electron chi connectivity index (χ0n) is 12.3. The summed E-state index contributed by atoms with van der Waals surface area (Å²) in [5, 5.41) is 13.4. The molecule has 0 saturated carbocycles. The summed E-state index contributed by atoms with van der Waals surface area (Å²) in [5.41, 5.74) is 2.41. The molecule has 0 bridgehead atoms. The fourth-order valence-corrected chi connectivity index (χ4v) is 3.91. The van der Waals surface area contributed by atoms with Crippen LogP contribution in [0.5, 0.6) is 5.75 Å². The lowest BCUT2D eigenvalue weighted by molar-refractivity contribution is -0.528. The fraction of sp³-hybridized carbons (Fsp3) is 0.176. The van der Waals surface area contributed by atoms with Crippen LogP contribution in [0, 0.1) is 10.1 Å². The summed E-state index contributed by atoms with van der Waals surface area (Å²) in [7, 11) is 0. The number of aromatic amines is 1. The van der Waals surface area contributed by atoms with Crippen molar-refractivity contribution in [1.29, 1.82) is 0 Å². The van der Waals surface area contributed by atoms with Gasteiger partial charge in [0.25, 0.3) is 6.04 Å². The molecule has 3 aromatic rings. The summed E-state index contributed by atoms with van der Waals surface area (Å²) in [5.74, 6) is -0.0226. The van der Waals surface area contributed by atoms with Crippen molar-refractivity contribution < 1.29 is 9.66 Å². The van der Waals surface area contributed by atoms with Gasteiger partial charge in [-0.15, -0.1) is 0 Å². The molecule has 2 atom stereocenters. The molecule has 0 aliphatic carbocycles. The lowest BCUT2D eigenvalue weighted by Gasteiger charge is -2.29. The van der Waals surface area contributed by atoms with E-state index in [-0.39, 0.29) is 11.5 Å². The van der Waals surface area contributed by atoms with Gasteiger partial charge >= 0.3 is 0 Å². The van der Waals surface area contributed by atoms with Crippen LogP contribution in [0.1, 0.15) is 17.0 Å². The van der Waals surface area contributed by atoms with E-state index in [1.54, 1.807) is 12.1 Å². The van der Waals surface area contributed by atoms with Crippen molar-refractivity contribution in [1.82, 2.24) is 4.98 Å². The zero-order valence-corrected chi connectivity index (χ0v) is 13.8. The third kappa shape index (κ3) is 2.32. The van der Waals surface area contributed by atoms with E-state index in [0.29, 0.717) is 21.4 Å². The van der Waals surface area contributed by atoms with Gasteiger partial charge in [0.1, 0.15) is 5.75 Å². The monoisotopic (exact) mass is 362 g/mol. The highest BCUT2D eigenvalue weighted by molar-refractivity contribution is 6.35. The summed E-state index contributed by atoms with van der Waals surface area (Å²) in [6, 6.07) is 10.1. The number of benzene rings is 2. The van der Waals surface area contributed by atoms with Gasteiger partial charge in [0.2, 0.25) is 0 Å². The average molecular weight is 363 g/mol. The number of aromatic nitrogens is 1. The van der Waals surface area contributed by atoms with Gasteiger partial charge in [-0.2, -0.15) is 0 Å². The maximum atomic E-state index is 11.6. The summed E-state index contributed by atoms with van der Waals surface area (Å²) in [6.45, 7) is -0.0362. The second kappa shape index (κ2) is 5.69. The number of fused-ring (bicyclic) bond motifs is 2. The summed E-state index contributed by atoms with van der Waals surface area (Å²) in [6.07, 6.45) is 1.82. The molecule has 5 nitrogen and oxygen atoms in total. The Balaban J connectivity index is 1.98. The molecule has 0 fully saturated rings. The largest absolute Gasteiger partial charge is 0.484 e. The summed E-state index contributed by atoms with van der Waals surface area (Å²) in [4.78, 5) is 14.5. The minimum Gasteiger partial charge on any atom is -0.484 e. The third-order valence-corrected chi connectivity index (χ3v) is 4.88. The van der Waals surface area contributed by atoms with Gasteiger partial charge < -0.3 is 9.72 Å². The lowest BCUT2D eigenvalue weighted by Crippen LogP contribution is -2.37. The van der Waals surface area contributed by atoms with Crippen molar-refractivity contribution in [3.63, 3.8) is 0 Å². The minimum absolute atomic E-state index is 0.0362. The van der Waals surface area contributed by atoms with E-state index in [1.807, 2.05) is 30.5 Å². The van der Waals surface area contributed by atoms with Crippen LogP contribution in [0.15, 0.2) is 42.6 Å². The molecule has 1 aliphatic rings. The van der Waals surface area contributed by atoms with Crippen molar-refractivity contribution in [2.45, 2.75) is 12.0 Å². The van der Waals surface area contributed by atoms with Crippen molar-refractivity contribution >= 4 is 34.1 Å². The molecule has 0 saturated heterocycles. The first kappa shape index (κ1) is 15.3. The number of nitrogens with one attached hydrogen (secondary N) is 1. The number of rotatable bonds is 2. The molecule has 2 aromatic carbocycles. The maximum Gasteiger partial charge on any atom is 0.257 e. The molecule has 122 valence electrons. The Morgan fingerprint density at radius 3 is 2.79 bits per heavy atom. The van der Waals surface area contributed by atoms with Gasteiger partial charge in [0.05, 0.1) is 10.9 Å². The Morgan fingerprint density at radius 2 is 2.00 bits per heavy atom. The number of H-pyrrole nitrogens is 1. The van der Waals surface area contributed by atoms with Gasteiger partial charge in [0.15, 0.2) is 6.61 Å².